The van der Waals surface area contributed by atoms with Gasteiger partial charge in [-0.15, -0.1) is 0 Å². The molecule has 1 atom stereocenters. The Bertz CT molecular complexity index is 797. The summed E-state index contributed by atoms with van der Waals surface area (Å²) in [7, 11) is 1.56. The molecule has 0 amide bonds. The van der Waals surface area contributed by atoms with Gasteiger partial charge >= 0.3 is 6.18 Å². The molecule has 0 fully saturated rings. The second-order valence-electron chi connectivity index (χ2n) is 5.31. The molecule has 1 aliphatic rings. The van der Waals surface area contributed by atoms with Crippen LogP contribution in [0.5, 0.6) is 0 Å². The lowest BCUT2D eigenvalue weighted by atomic mass is 9.96. The van der Waals surface area contributed by atoms with Crippen LogP contribution in [0.15, 0.2) is 60.5 Å². The van der Waals surface area contributed by atoms with Gasteiger partial charge in [0.05, 0.1) is 11.1 Å². The number of nitrogens with one attached hydrogen (secondary N) is 1. The summed E-state index contributed by atoms with van der Waals surface area (Å²) in [5.74, 6) is -0.196. The first-order valence-electron chi connectivity index (χ1n) is 7.27. The monoisotopic (exact) mass is 333 g/mol. The highest BCUT2D eigenvalue weighted by atomic mass is 19.4. The zero-order chi connectivity index (χ0) is 17.3. The first-order valence-corrected chi connectivity index (χ1v) is 7.27. The molecule has 3 nitrogen and oxygen atoms in total. The molecule has 2 aromatic rings. The Morgan fingerprint density at radius 2 is 1.75 bits per heavy atom. The Hall–Kier alpha value is -2.76. The summed E-state index contributed by atoms with van der Waals surface area (Å²) in [6.45, 7) is 0. The molecule has 0 spiro atoms. The molecule has 24 heavy (non-hydrogen) atoms. The fraction of sp³-hybridized carbons (Fsp3) is 0.167. The van der Waals surface area contributed by atoms with Crippen LogP contribution in [0.1, 0.15) is 22.8 Å². The zero-order valence-corrected chi connectivity index (χ0v) is 12.7. The Morgan fingerprint density at radius 1 is 1.04 bits per heavy atom. The molecule has 0 aliphatic carbocycles. The van der Waals surface area contributed by atoms with Crippen LogP contribution in [-0.4, -0.2) is 12.8 Å². The van der Waals surface area contributed by atoms with Crippen molar-refractivity contribution < 1.29 is 22.7 Å². The van der Waals surface area contributed by atoms with E-state index in [4.69, 9.17) is 4.74 Å². The molecule has 3 rings (SSSR count). The molecule has 2 aromatic carbocycles. The van der Waals surface area contributed by atoms with Crippen LogP contribution in [-0.2, 0) is 15.7 Å². The average molecular weight is 333 g/mol. The minimum atomic E-state index is -4.47. The van der Waals surface area contributed by atoms with E-state index in [9.17, 15) is 18.0 Å². The number of benzene rings is 2. The quantitative estimate of drug-likeness (QED) is 0.925. The van der Waals surface area contributed by atoms with Crippen LogP contribution >= 0.6 is 0 Å². The smallest absolute Gasteiger partial charge is 0.416 e. The van der Waals surface area contributed by atoms with Crippen molar-refractivity contribution in [2.45, 2.75) is 12.3 Å². The van der Waals surface area contributed by atoms with Crippen LogP contribution in [0, 0.1) is 0 Å². The van der Waals surface area contributed by atoms with E-state index in [1.54, 1.807) is 31.3 Å². The second-order valence-corrected chi connectivity index (χ2v) is 5.31. The van der Waals surface area contributed by atoms with E-state index >= 15 is 0 Å². The fourth-order valence-corrected chi connectivity index (χ4v) is 2.63. The first-order chi connectivity index (χ1) is 11.4. The Kier molecular flexibility index (Phi) is 4.05. The van der Waals surface area contributed by atoms with E-state index in [0.29, 0.717) is 5.56 Å². The molecule has 1 aliphatic heterocycles. The van der Waals surface area contributed by atoms with Crippen molar-refractivity contribution in [1.29, 1.82) is 0 Å². The maximum Gasteiger partial charge on any atom is 0.416 e. The van der Waals surface area contributed by atoms with Gasteiger partial charge in [-0.05, 0) is 17.7 Å². The number of carbonyl (C=O) groups is 1. The minimum absolute atomic E-state index is 0.123. The maximum absolute atomic E-state index is 12.9. The van der Waals surface area contributed by atoms with Crippen molar-refractivity contribution in [2.75, 3.05) is 7.05 Å². The van der Waals surface area contributed by atoms with Crippen molar-refractivity contribution in [3.63, 3.8) is 0 Å². The number of carbonyl (C=O) groups excluding carboxylic acids is 1. The van der Waals surface area contributed by atoms with Gasteiger partial charge in [0.15, 0.2) is 12.0 Å². The summed E-state index contributed by atoms with van der Waals surface area (Å²) in [4.78, 5) is 12.7. The summed E-state index contributed by atoms with van der Waals surface area (Å²) in [5, 5.41) is 2.76. The molecule has 0 radical (unpaired) electrons. The summed E-state index contributed by atoms with van der Waals surface area (Å²) >= 11 is 0. The van der Waals surface area contributed by atoms with Crippen LogP contribution in [0.2, 0.25) is 0 Å². The van der Waals surface area contributed by atoms with Gasteiger partial charge in [-0.2, -0.15) is 13.2 Å². The van der Waals surface area contributed by atoms with Gasteiger partial charge in [0.2, 0.25) is 5.78 Å². The number of alkyl halides is 3. The topological polar surface area (TPSA) is 38.3 Å². The minimum Gasteiger partial charge on any atom is -0.462 e. The predicted octanol–water partition coefficient (Wildman–Crippen LogP) is 3.93. The molecular weight excluding hydrogens is 319 g/mol. The standard InChI is InChI=1S/C18H14F3NO2/c1-22-17-14(12-8-5-9-13(10-12)18(19,20)21)15(23)16(24-17)11-6-3-2-4-7-11/h2-10,16,22H,1H3/t16-/m1/s1. The van der Waals surface area contributed by atoms with Gasteiger partial charge in [-0.1, -0.05) is 42.5 Å². The van der Waals surface area contributed by atoms with E-state index in [-0.39, 0.29) is 22.8 Å². The van der Waals surface area contributed by atoms with Gasteiger partial charge in [0.25, 0.3) is 0 Å². The number of ketones is 1. The lowest BCUT2D eigenvalue weighted by Gasteiger charge is -2.11. The normalized spacial score (nSPS) is 17.8. The van der Waals surface area contributed by atoms with Crippen molar-refractivity contribution in [1.82, 2.24) is 5.32 Å². The van der Waals surface area contributed by atoms with E-state index in [2.05, 4.69) is 5.32 Å². The molecule has 0 unspecified atom stereocenters. The molecule has 6 heteroatoms. The van der Waals surface area contributed by atoms with E-state index < -0.39 is 17.8 Å². The van der Waals surface area contributed by atoms with Gasteiger partial charge in [0, 0.05) is 12.6 Å². The summed E-state index contributed by atoms with van der Waals surface area (Å²) in [6, 6.07) is 13.5. The third-order valence-corrected chi connectivity index (χ3v) is 3.76. The Morgan fingerprint density at radius 3 is 2.38 bits per heavy atom. The largest absolute Gasteiger partial charge is 0.462 e. The molecule has 0 saturated carbocycles. The first kappa shape index (κ1) is 16.1. The maximum atomic E-state index is 12.9. The van der Waals surface area contributed by atoms with Gasteiger partial charge in [-0.3, -0.25) is 4.79 Å². The number of hydrogen-bond donors (Lipinski definition) is 1. The third kappa shape index (κ3) is 2.87. The zero-order valence-electron chi connectivity index (χ0n) is 12.7. The highest BCUT2D eigenvalue weighted by Gasteiger charge is 2.38. The number of hydrogen-bond acceptors (Lipinski definition) is 3. The lowest BCUT2D eigenvalue weighted by Crippen LogP contribution is -2.10. The van der Waals surface area contributed by atoms with Crippen LogP contribution in [0.4, 0.5) is 13.2 Å². The number of rotatable bonds is 3. The fourth-order valence-electron chi connectivity index (χ4n) is 2.63. The lowest BCUT2D eigenvalue weighted by molar-refractivity contribution is -0.137. The van der Waals surface area contributed by atoms with Gasteiger partial charge in [0.1, 0.15) is 0 Å². The summed E-state index contributed by atoms with van der Waals surface area (Å²) < 4.78 is 44.4. The van der Waals surface area contributed by atoms with Crippen LogP contribution < -0.4 is 5.32 Å². The van der Waals surface area contributed by atoms with Crippen molar-refractivity contribution >= 4 is 11.4 Å². The summed E-state index contributed by atoms with van der Waals surface area (Å²) in [6.07, 6.45) is -5.34. The number of ether oxygens (including phenoxy) is 1. The van der Waals surface area contributed by atoms with Crippen molar-refractivity contribution in [3.05, 3.63) is 77.2 Å². The molecule has 1 heterocycles. The van der Waals surface area contributed by atoms with Crippen molar-refractivity contribution in [2.24, 2.45) is 0 Å². The Labute approximate surface area is 136 Å². The number of halogens is 3. The highest BCUT2D eigenvalue weighted by Crippen LogP contribution is 2.38. The van der Waals surface area contributed by atoms with Crippen molar-refractivity contribution in [3.8, 4) is 0 Å². The van der Waals surface area contributed by atoms with E-state index in [1.807, 2.05) is 6.07 Å². The van der Waals surface area contributed by atoms with Crippen LogP contribution in [0.3, 0.4) is 0 Å². The predicted molar refractivity (Wildman–Crippen MR) is 82.7 cm³/mol. The molecule has 124 valence electrons. The third-order valence-electron chi connectivity index (χ3n) is 3.76. The Balaban J connectivity index is 2.02. The molecule has 0 aromatic heterocycles. The van der Waals surface area contributed by atoms with E-state index in [0.717, 1.165) is 12.1 Å². The molecule has 0 bridgehead atoms. The van der Waals surface area contributed by atoms with Gasteiger partial charge < -0.3 is 10.1 Å². The van der Waals surface area contributed by atoms with Gasteiger partial charge in [-0.25, -0.2) is 0 Å². The highest BCUT2D eigenvalue weighted by molar-refractivity contribution is 6.25. The van der Waals surface area contributed by atoms with E-state index in [1.165, 1.54) is 12.1 Å². The van der Waals surface area contributed by atoms with Crippen LogP contribution in [0.25, 0.3) is 5.57 Å². The molecular formula is C18H14F3NO2. The average Bonchev–Trinajstić information content (AvgIpc) is 2.91. The summed E-state index contributed by atoms with van der Waals surface area (Å²) in [5.41, 5.74) is 0.145. The SMILES string of the molecule is CNC1=C(c2cccc(C(F)(F)F)c2)C(=O)[C@@H](c2ccccc2)O1. The number of Topliss-reactive ketones (excluding diaryl/α,β-unsaturated/α-hetero) is 1. The second kappa shape index (κ2) is 6.03. The molecule has 0 saturated heterocycles. The molecule has 1 N–H and O–H groups in total.